The lowest BCUT2D eigenvalue weighted by Crippen LogP contribution is -2.23. The lowest BCUT2D eigenvalue weighted by molar-refractivity contribution is -0.119. The zero-order chi connectivity index (χ0) is 13.9. The number of aromatic nitrogens is 3. The molecule has 104 valence electrons. The molecule has 6 heteroatoms. The van der Waals surface area contributed by atoms with Crippen LogP contribution in [0.5, 0.6) is 0 Å². The molecule has 0 aromatic carbocycles. The van der Waals surface area contributed by atoms with Crippen molar-refractivity contribution >= 4 is 11.6 Å². The van der Waals surface area contributed by atoms with E-state index in [1.165, 1.54) is 0 Å². The highest BCUT2D eigenvalue weighted by atomic mass is 16.1. The van der Waals surface area contributed by atoms with Crippen molar-refractivity contribution in [2.75, 3.05) is 5.32 Å². The van der Waals surface area contributed by atoms with Crippen LogP contribution in [0.15, 0.2) is 37.1 Å². The fourth-order valence-corrected chi connectivity index (χ4v) is 2.51. The van der Waals surface area contributed by atoms with Crippen LogP contribution in [0, 0.1) is 5.92 Å². The first-order chi connectivity index (χ1) is 9.72. The maximum atomic E-state index is 12.1. The van der Waals surface area contributed by atoms with Crippen molar-refractivity contribution in [3.05, 3.63) is 37.1 Å². The van der Waals surface area contributed by atoms with E-state index in [9.17, 15) is 4.79 Å². The summed E-state index contributed by atoms with van der Waals surface area (Å²) in [5, 5.41) is 2.90. The largest absolute Gasteiger partial charge is 0.328 e. The molecule has 0 spiro atoms. The average Bonchev–Trinajstić information content (AvgIpc) is 3.10. The van der Waals surface area contributed by atoms with Crippen LogP contribution < -0.4 is 11.1 Å². The highest BCUT2D eigenvalue weighted by Gasteiger charge is 2.27. The van der Waals surface area contributed by atoms with Crippen molar-refractivity contribution in [1.82, 2.24) is 14.5 Å². The second-order valence-corrected chi connectivity index (χ2v) is 5.13. The molecule has 1 aliphatic rings. The second kappa shape index (κ2) is 5.42. The summed E-state index contributed by atoms with van der Waals surface area (Å²) in [6.45, 7) is 0. The molecule has 3 rings (SSSR count). The van der Waals surface area contributed by atoms with E-state index in [0.717, 1.165) is 25.1 Å². The van der Waals surface area contributed by atoms with Crippen molar-refractivity contribution in [2.45, 2.75) is 25.3 Å². The van der Waals surface area contributed by atoms with Crippen molar-refractivity contribution in [3.63, 3.8) is 0 Å². The topological polar surface area (TPSA) is 85.8 Å². The zero-order valence-corrected chi connectivity index (χ0v) is 11.1. The van der Waals surface area contributed by atoms with Crippen LogP contribution in [-0.2, 0) is 4.79 Å². The van der Waals surface area contributed by atoms with Crippen molar-refractivity contribution in [1.29, 1.82) is 0 Å². The summed E-state index contributed by atoms with van der Waals surface area (Å²) in [5.41, 5.74) is 6.54. The predicted octanol–water partition coefficient (Wildman–Crippen LogP) is 1.33. The number of carbonyl (C=O) groups excluding carboxylic acids is 1. The van der Waals surface area contributed by atoms with Crippen LogP contribution in [0.3, 0.4) is 0 Å². The number of pyridine rings is 1. The number of rotatable bonds is 3. The minimum atomic E-state index is 0.0262. The number of hydrogen-bond donors (Lipinski definition) is 2. The Hall–Kier alpha value is -2.21. The Morgan fingerprint density at radius 1 is 1.40 bits per heavy atom. The Balaban J connectivity index is 1.65. The van der Waals surface area contributed by atoms with E-state index in [-0.39, 0.29) is 17.9 Å². The van der Waals surface area contributed by atoms with Gasteiger partial charge in [0, 0.05) is 24.4 Å². The monoisotopic (exact) mass is 271 g/mol. The molecule has 2 aromatic rings. The summed E-state index contributed by atoms with van der Waals surface area (Å²) < 4.78 is 1.81. The van der Waals surface area contributed by atoms with Crippen LogP contribution in [0.4, 0.5) is 5.69 Å². The molecule has 0 aliphatic heterocycles. The number of imidazole rings is 1. The van der Waals surface area contributed by atoms with E-state index in [1.54, 1.807) is 18.7 Å². The highest BCUT2D eigenvalue weighted by molar-refractivity contribution is 5.92. The quantitative estimate of drug-likeness (QED) is 0.882. The first kappa shape index (κ1) is 12.8. The molecular formula is C14H17N5O. The summed E-state index contributed by atoms with van der Waals surface area (Å²) in [6.07, 6.45) is 9.42. The summed E-state index contributed by atoms with van der Waals surface area (Å²) >= 11 is 0. The van der Waals surface area contributed by atoms with Crippen LogP contribution in [-0.4, -0.2) is 26.5 Å². The van der Waals surface area contributed by atoms with Gasteiger partial charge in [-0.15, -0.1) is 0 Å². The highest BCUT2D eigenvalue weighted by Crippen LogP contribution is 2.25. The summed E-state index contributed by atoms with van der Waals surface area (Å²) in [7, 11) is 0. The lowest BCUT2D eigenvalue weighted by atomic mass is 10.1. The molecule has 0 saturated heterocycles. The Morgan fingerprint density at radius 3 is 2.90 bits per heavy atom. The maximum absolute atomic E-state index is 12.1. The van der Waals surface area contributed by atoms with Gasteiger partial charge in [0.05, 0.1) is 11.9 Å². The van der Waals surface area contributed by atoms with E-state index < -0.39 is 0 Å². The molecule has 20 heavy (non-hydrogen) atoms. The molecule has 1 amide bonds. The minimum absolute atomic E-state index is 0.0262. The molecule has 1 fully saturated rings. The molecular weight excluding hydrogens is 254 g/mol. The number of nitrogens with two attached hydrogens (primary N) is 1. The third kappa shape index (κ3) is 2.70. The van der Waals surface area contributed by atoms with Gasteiger partial charge < -0.3 is 11.1 Å². The standard InChI is InChI=1S/C14H17N5O/c15-11-2-1-10(7-11)14(20)18-12-3-4-13(17-8-12)19-6-5-16-9-19/h3-6,8-11H,1-2,7,15H2,(H,18,20). The Kier molecular flexibility index (Phi) is 3.47. The predicted molar refractivity (Wildman–Crippen MR) is 75.3 cm³/mol. The van der Waals surface area contributed by atoms with Gasteiger partial charge in [-0.3, -0.25) is 9.36 Å². The third-order valence-electron chi connectivity index (χ3n) is 3.63. The molecule has 1 saturated carbocycles. The number of nitrogens with one attached hydrogen (secondary N) is 1. The smallest absolute Gasteiger partial charge is 0.227 e. The number of nitrogens with zero attached hydrogens (tertiary/aromatic N) is 3. The van der Waals surface area contributed by atoms with Crippen LogP contribution in [0.25, 0.3) is 5.82 Å². The molecule has 0 bridgehead atoms. The Morgan fingerprint density at radius 2 is 2.30 bits per heavy atom. The normalized spacial score (nSPS) is 21.9. The van der Waals surface area contributed by atoms with Crippen LogP contribution >= 0.6 is 0 Å². The molecule has 2 atom stereocenters. The molecule has 1 aliphatic carbocycles. The number of anilines is 1. The maximum Gasteiger partial charge on any atom is 0.227 e. The SMILES string of the molecule is NC1CCC(C(=O)Nc2ccc(-n3ccnc3)nc2)C1. The van der Waals surface area contributed by atoms with Gasteiger partial charge in [-0.2, -0.15) is 0 Å². The summed E-state index contributed by atoms with van der Waals surface area (Å²) in [5.74, 6) is 0.830. The molecule has 3 N–H and O–H groups in total. The van der Waals surface area contributed by atoms with Crippen molar-refractivity contribution in [2.24, 2.45) is 11.7 Å². The van der Waals surface area contributed by atoms with Crippen LogP contribution in [0.2, 0.25) is 0 Å². The number of amides is 1. The van der Waals surface area contributed by atoms with Gasteiger partial charge in [0.15, 0.2) is 0 Å². The number of hydrogen-bond acceptors (Lipinski definition) is 4. The molecule has 2 aromatic heterocycles. The van der Waals surface area contributed by atoms with Gasteiger partial charge in [-0.05, 0) is 31.4 Å². The van der Waals surface area contributed by atoms with Gasteiger partial charge in [0.1, 0.15) is 12.1 Å². The van der Waals surface area contributed by atoms with Gasteiger partial charge in [-0.25, -0.2) is 9.97 Å². The number of carbonyl (C=O) groups is 1. The molecule has 2 heterocycles. The molecule has 0 radical (unpaired) electrons. The first-order valence-electron chi connectivity index (χ1n) is 6.73. The zero-order valence-electron chi connectivity index (χ0n) is 11.1. The van der Waals surface area contributed by atoms with E-state index >= 15 is 0 Å². The molecule has 2 unspecified atom stereocenters. The second-order valence-electron chi connectivity index (χ2n) is 5.13. The van der Waals surface area contributed by atoms with Crippen molar-refractivity contribution in [3.8, 4) is 5.82 Å². The first-order valence-corrected chi connectivity index (χ1v) is 6.73. The van der Waals surface area contributed by atoms with Gasteiger partial charge >= 0.3 is 0 Å². The average molecular weight is 271 g/mol. The summed E-state index contributed by atoms with van der Waals surface area (Å²) in [4.78, 5) is 20.3. The molecule has 6 nitrogen and oxygen atoms in total. The Bertz CT molecular complexity index is 578. The third-order valence-corrected chi connectivity index (χ3v) is 3.63. The van der Waals surface area contributed by atoms with Crippen LogP contribution in [0.1, 0.15) is 19.3 Å². The van der Waals surface area contributed by atoms with E-state index in [2.05, 4.69) is 15.3 Å². The van der Waals surface area contributed by atoms with E-state index in [1.807, 2.05) is 22.9 Å². The van der Waals surface area contributed by atoms with Gasteiger partial charge in [0.2, 0.25) is 5.91 Å². The summed E-state index contributed by atoms with van der Waals surface area (Å²) in [6, 6.07) is 3.85. The fourth-order valence-electron chi connectivity index (χ4n) is 2.51. The minimum Gasteiger partial charge on any atom is -0.328 e. The van der Waals surface area contributed by atoms with E-state index in [0.29, 0.717) is 5.69 Å². The van der Waals surface area contributed by atoms with Gasteiger partial charge in [-0.1, -0.05) is 0 Å². The van der Waals surface area contributed by atoms with E-state index in [4.69, 9.17) is 5.73 Å². The Labute approximate surface area is 117 Å². The van der Waals surface area contributed by atoms with Crippen molar-refractivity contribution < 1.29 is 4.79 Å². The fraction of sp³-hybridized carbons (Fsp3) is 0.357. The lowest BCUT2D eigenvalue weighted by Gasteiger charge is -2.11. The van der Waals surface area contributed by atoms with Gasteiger partial charge in [0.25, 0.3) is 0 Å².